The van der Waals surface area contributed by atoms with Crippen molar-refractivity contribution in [2.75, 3.05) is 0 Å². The van der Waals surface area contributed by atoms with E-state index in [0.717, 1.165) is 25.7 Å². The van der Waals surface area contributed by atoms with Crippen LogP contribution in [0.2, 0.25) is 0 Å². The molecule has 0 bridgehead atoms. The average molecular weight is 200 g/mol. The van der Waals surface area contributed by atoms with Gasteiger partial charge >= 0.3 is 0 Å². The maximum Gasteiger partial charge on any atom is 0.0804 e. The van der Waals surface area contributed by atoms with Crippen molar-refractivity contribution in [1.82, 2.24) is 0 Å². The predicted molar refractivity (Wildman–Crippen MR) is 58.0 cm³/mol. The van der Waals surface area contributed by atoms with E-state index in [9.17, 15) is 10.2 Å². The molecule has 1 saturated carbocycles. The summed E-state index contributed by atoms with van der Waals surface area (Å²) in [6.45, 7) is 8.90. The second kappa shape index (κ2) is 3.82. The molecule has 0 spiro atoms. The third-order valence-electron chi connectivity index (χ3n) is 4.23. The van der Waals surface area contributed by atoms with Crippen molar-refractivity contribution in [3.63, 3.8) is 0 Å². The van der Waals surface area contributed by atoms with E-state index in [1.807, 2.05) is 0 Å². The molecule has 3 unspecified atom stereocenters. The summed E-state index contributed by atoms with van der Waals surface area (Å²) < 4.78 is 0. The van der Waals surface area contributed by atoms with E-state index in [2.05, 4.69) is 27.7 Å². The van der Waals surface area contributed by atoms with Crippen LogP contribution in [0, 0.1) is 10.8 Å². The fraction of sp³-hybridized carbons (Fsp3) is 1.00. The van der Waals surface area contributed by atoms with Gasteiger partial charge in [0.05, 0.1) is 12.2 Å². The van der Waals surface area contributed by atoms with Gasteiger partial charge in [-0.2, -0.15) is 0 Å². The molecule has 84 valence electrons. The van der Waals surface area contributed by atoms with E-state index >= 15 is 0 Å². The van der Waals surface area contributed by atoms with Crippen LogP contribution in [0.3, 0.4) is 0 Å². The van der Waals surface area contributed by atoms with Gasteiger partial charge in [-0.05, 0) is 36.5 Å². The van der Waals surface area contributed by atoms with Gasteiger partial charge in [0.2, 0.25) is 0 Å². The lowest BCUT2D eigenvalue weighted by atomic mass is 9.57. The van der Waals surface area contributed by atoms with Crippen molar-refractivity contribution in [2.45, 2.75) is 65.6 Å². The molecule has 2 heteroatoms. The van der Waals surface area contributed by atoms with Crippen LogP contribution in [-0.2, 0) is 0 Å². The Balaban J connectivity index is 2.82. The Kier molecular flexibility index (Phi) is 3.27. The van der Waals surface area contributed by atoms with Gasteiger partial charge < -0.3 is 10.2 Å². The van der Waals surface area contributed by atoms with Gasteiger partial charge in [-0.15, -0.1) is 0 Å². The lowest BCUT2D eigenvalue weighted by molar-refractivity contribution is -0.0913. The molecular formula is C12H24O2. The van der Waals surface area contributed by atoms with Crippen molar-refractivity contribution >= 4 is 0 Å². The first-order chi connectivity index (χ1) is 6.32. The molecule has 0 aromatic carbocycles. The SMILES string of the molecule is CCC1(C(C)(C)C)CCC(O)C(O)C1. The van der Waals surface area contributed by atoms with E-state index in [0.29, 0.717) is 0 Å². The Morgan fingerprint density at radius 3 is 2.14 bits per heavy atom. The van der Waals surface area contributed by atoms with Crippen molar-refractivity contribution in [3.8, 4) is 0 Å². The van der Waals surface area contributed by atoms with Gasteiger partial charge in [-0.1, -0.05) is 27.7 Å². The highest BCUT2D eigenvalue weighted by molar-refractivity contribution is 4.96. The summed E-state index contributed by atoms with van der Waals surface area (Å²) >= 11 is 0. The summed E-state index contributed by atoms with van der Waals surface area (Å²) in [6, 6.07) is 0. The molecule has 14 heavy (non-hydrogen) atoms. The quantitative estimate of drug-likeness (QED) is 0.682. The molecule has 1 aliphatic rings. The molecule has 0 aromatic heterocycles. The van der Waals surface area contributed by atoms with Crippen molar-refractivity contribution < 1.29 is 10.2 Å². The average Bonchev–Trinajstić information content (AvgIpc) is 2.08. The highest BCUT2D eigenvalue weighted by Crippen LogP contribution is 2.51. The number of rotatable bonds is 1. The van der Waals surface area contributed by atoms with Crippen LogP contribution in [-0.4, -0.2) is 22.4 Å². The molecule has 0 heterocycles. The molecule has 0 aliphatic heterocycles. The number of hydrogen-bond donors (Lipinski definition) is 2. The summed E-state index contributed by atoms with van der Waals surface area (Å²) in [6.07, 6.45) is 2.58. The van der Waals surface area contributed by atoms with Crippen LogP contribution < -0.4 is 0 Å². The van der Waals surface area contributed by atoms with Gasteiger partial charge in [0, 0.05) is 0 Å². The topological polar surface area (TPSA) is 40.5 Å². The van der Waals surface area contributed by atoms with Crippen molar-refractivity contribution in [3.05, 3.63) is 0 Å². The minimum atomic E-state index is -0.525. The standard InChI is InChI=1S/C12H24O2/c1-5-12(11(2,3)4)7-6-9(13)10(14)8-12/h9-10,13-14H,5-8H2,1-4H3. The van der Waals surface area contributed by atoms with E-state index in [4.69, 9.17) is 0 Å². The van der Waals surface area contributed by atoms with E-state index in [-0.39, 0.29) is 10.8 Å². The van der Waals surface area contributed by atoms with Gasteiger partial charge in [-0.3, -0.25) is 0 Å². The number of hydrogen-bond acceptors (Lipinski definition) is 2. The van der Waals surface area contributed by atoms with E-state index < -0.39 is 12.2 Å². The summed E-state index contributed by atoms with van der Waals surface area (Å²) in [7, 11) is 0. The lowest BCUT2D eigenvalue weighted by Crippen LogP contribution is -2.46. The molecular weight excluding hydrogens is 176 g/mol. The minimum Gasteiger partial charge on any atom is -0.390 e. The fourth-order valence-electron chi connectivity index (χ4n) is 2.79. The second-order valence-electron chi connectivity index (χ2n) is 5.76. The first-order valence-corrected chi connectivity index (χ1v) is 5.68. The second-order valence-corrected chi connectivity index (χ2v) is 5.76. The van der Waals surface area contributed by atoms with Crippen LogP contribution in [0.25, 0.3) is 0 Å². The van der Waals surface area contributed by atoms with E-state index in [1.54, 1.807) is 0 Å². The maximum absolute atomic E-state index is 9.76. The molecule has 1 aliphatic carbocycles. The van der Waals surface area contributed by atoms with Crippen LogP contribution in [0.4, 0.5) is 0 Å². The third kappa shape index (κ3) is 1.96. The van der Waals surface area contributed by atoms with Gasteiger partial charge in [0.15, 0.2) is 0 Å². The third-order valence-corrected chi connectivity index (χ3v) is 4.23. The van der Waals surface area contributed by atoms with Crippen molar-refractivity contribution in [1.29, 1.82) is 0 Å². The Morgan fingerprint density at radius 1 is 1.21 bits per heavy atom. The zero-order valence-electron chi connectivity index (χ0n) is 9.88. The molecule has 0 radical (unpaired) electrons. The minimum absolute atomic E-state index is 0.200. The van der Waals surface area contributed by atoms with Crippen LogP contribution in [0.15, 0.2) is 0 Å². The zero-order chi connectivity index (χ0) is 11.0. The normalized spacial score (nSPS) is 39.9. The fourth-order valence-corrected chi connectivity index (χ4v) is 2.79. The molecule has 1 rings (SSSR count). The monoisotopic (exact) mass is 200 g/mol. The number of aliphatic hydroxyl groups excluding tert-OH is 2. The maximum atomic E-state index is 9.76. The zero-order valence-corrected chi connectivity index (χ0v) is 9.88. The molecule has 0 amide bonds. The molecule has 0 saturated heterocycles. The first kappa shape index (κ1) is 12.0. The summed E-state index contributed by atoms with van der Waals surface area (Å²) in [5, 5.41) is 19.3. The van der Waals surface area contributed by atoms with Gasteiger partial charge in [0.1, 0.15) is 0 Å². The smallest absolute Gasteiger partial charge is 0.0804 e. The first-order valence-electron chi connectivity index (χ1n) is 5.68. The van der Waals surface area contributed by atoms with Crippen molar-refractivity contribution in [2.24, 2.45) is 10.8 Å². The highest BCUT2D eigenvalue weighted by atomic mass is 16.3. The lowest BCUT2D eigenvalue weighted by Gasteiger charge is -2.50. The number of aliphatic hydroxyl groups is 2. The molecule has 2 nitrogen and oxygen atoms in total. The molecule has 3 atom stereocenters. The summed E-state index contributed by atoms with van der Waals surface area (Å²) in [5.74, 6) is 0. The van der Waals surface area contributed by atoms with Crippen LogP contribution in [0.1, 0.15) is 53.4 Å². The molecule has 0 aromatic rings. The van der Waals surface area contributed by atoms with Crippen LogP contribution >= 0.6 is 0 Å². The van der Waals surface area contributed by atoms with Gasteiger partial charge in [0.25, 0.3) is 0 Å². The Morgan fingerprint density at radius 2 is 1.79 bits per heavy atom. The van der Waals surface area contributed by atoms with Gasteiger partial charge in [-0.25, -0.2) is 0 Å². The predicted octanol–water partition coefficient (Wildman–Crippen LogP) is 2.33. The van der Waals surface area contributed by atoms with Crippen LogP contribution in [0.5, 0.6) is 0 Å². The molecule has 2 N–H and O–H groups in total. The summed E-state index contributed by atoms with van der Waals surface area (Å²) in [4.78, 5) is 0. The Hall–Kier alpha value is -0.0800. The van der Waals surface area contributed by atoms with E-state index in [1.165, 1.54) is 0 Å². The Bertz CT molecular complexity index is 195. The summed E-state index contributed by atoms with van der Waals surface area (Å²) in [5.41, 5.74) is 0.411. The Labute approximate surface area is 87.3 Å². The largest absolute Gasteiger partial charge is 0.390 e. The molecule has 1 fully saturated rings. The highest BCUT2D eigenvalue weighted by Gasteiger charge is 2.45.